The van der Waals surface area contributed by atoms with Crippen LogP contribution in [0.3, 0.4) is 0 Å². The average molecular weight is 490 g/mol. The summed E-state index contributed by atoms with van der Waals surface area (Å²) in [5.74, 6) is 1.46. The van der Waals surface area contributed by atoms with Gasteiger partial charge in [-0.25, -0.2) is 4.79 Å². The van der Waals surface area contributed by atoms with Gasteiger partial charge in [-0.1, -0.05) is 30.3 Å². The van der Waals surface area contributed by atoms with Crippen molar-refractivity contribution in [1.29, 1.82) is 0 Å². The molecule has 0 aromatic heterocycles. The van der Waals surface area contributed by atoms with Crippen molar-refractivity contribution in [2.45, 2.75) is 57.0 Å². The van der Waals surface area contributed by atoms with Crippen molar-refractivity contribution in [1.82, 2.24) is 15.1 Å². The number of carbonyl (C=O) groups is 3. The van der Waals surface area contributed by atoms with Gasteiger partial charge in [-0.15, -0.1) is 0 Å². The van der Waals surface area contributed by atoms with Crippen LogP contribution in [-0.2, 0) is 28.9 Å². The van der Waals surface area contributed by atoms with Gasteiger partial charge in [-0.3, -0.25) is 14.5 Å². The number of nitrogens with one attached hydrogen (secondary N) is 1. The summed E-state index contributed by atoms with van der Waals surface area (Å²) < 4.78 is 10.8. The number of ether oxygens (including phenoxy) is 2. The molecule has 2 saturated heterocycles. The van der Waals surface area contributed by atoms with Gasteiger partial charge in [0.05, 0.1) is 0 Å². The molecule has 0 radical (unpaired) electrons. The van der Waals surface area contributed by atoms with Crippen molar-refractivity contribution >= 4 is 17.8 Å². The lowest BCUT2D eigenvalue weighted by Crippen LogP contribution is -2.55. The van der Waals surface area contributed by atoms with Gasteiger partial charge in [0.15, 0.2) is 11.5 Å². The van der Waals surface area contributed by atoms with Crippen molar-refractivity contribution < 1.29 is 23.9 Å². The molecule has 1 aliphatic carbocycles. The summed E-state index contributed by atoms with van der Waals surface area (Å²) in [5.41, 5.74) is 2.55. The SMILES string of the molecule is C[C@]1(C2CCN(C(=O)CCc3ccc4c(c3)OCO4)CC2)NC(=O)N(C2Cc3ccccc3C2)C1=O. The van der Waals surface area contributed by atoms with Crippen LogP contribution < -0.4 is 14.8 Å². The van der Waals surface area contributed by atoms with E-state index >= 15 is 0 Å². The van der Waals surface area contributed by atoms with Crippen LogP contribution in [0.5, 0.6) is 11.5 Å². The van der Waals surface area contributed by atoms with Gasteiger partial charge in [0.1, 0.15) is 5.54 Å². The summed E-state index contributed by atoms with van der Waals surface area (Å²) in [7, 11) is 0. The van der Waals surface area contributed by atoms with E-state index < -0.39 is 5.54 Å². The number of benzene rings is 2. The number of urea groups is 1. The average Bonchev–Trinajstić information content (AvgIpc) is 3.58. The number of amides is 4. The van der Waals surface area contributed by atoms with E-state index in [4.69, 9.17) is 9.47 Å². The lowest BCUT2D eigenvalue weighted by atomic mass is 9.78. The number of carbonyl (C=O) groups excluding carboxylic acids is 3. The van der Waals surface area contributed by atoms with Crippen LogP contribution >= 0.6 is 0 Å². The van der Waals surface area contributed by atoms with Crippen molar-refractivity contribution in [3.8, 4) is 11.5 Å². The zero-order valence-electron chi connectivity index (χ0n) is 20.5. The maximum absolute atomic E-state index is 13.6. The summed E-state index contributed by atoms with van der Waals surface area (Å²) >= 11 is 0. The zero-order chi connectivity index (χ0) is 24.9. The second kappa shape index (κ2) is 8.84. The summed E-state index contributed by atoms with van der Waals surface area (Å²) in [6.45, 7) is 3.29. The predicted octanol–water partition coefficient (Wildman–Crippen LogP) is 3.06. The van der Waals surface area contributed by atoms with Crippen molar-refractivity contribution in [2.75, 3.05) is 19.9 Å². The van der Waals surface area contributed by atoms with E-state index in [0.29, 0.717) is 51.6 Å². The Hall–Kier alpha value is -3.55. The molecule has 3 aliphatic heterocycles. The number of likely N-dealkylation sites (tertiary alicyclic amines) is 1. The third-order valence-corrected chi connectivity index (χ3v) is 8.37. The standard InChI is InChI=1S/C28H31N3O5/c1-28(26(33)31(27(34)29-28)22-15-19-4-2-3-5-20(19)16-22)21-10-12-30(13-11-21)25(32)9-7-18-6-8-23-24(14-18)36-17-35-23/h2-6,8,14,21-22H,7,9-13,15-17H2,1H3,(H,29,34)/t28-/m1/s1. The van der Waals surface area contributed by atoms with E-state index in [0.717, 1.165) is 17.1 Å². The highest BCUT2D eigenvalue weighted by Crippen LogP contribution is 2.37. The summed E-state index contributed by atoms with van der Waals surface area (Å²) in [6.07, 6.45) is 3.87. The Morgan fingerprint density at radius 1 is 1.03 bits per heavy atom. The number of fused-ring (bicyclic) bond motifs is 2. The first-order chi connectivity index (χ1) is 17.4. The molecule has 1 N–H and O–H groups in total. The molecule has 8 heteroatoms. The van der Waals surface area contributed by atoms with Gasteiger partial charge in [-0.2, -0.15) is 0 Å². The van der Waals surface area contributed by atoms with Crippen molar-refractivity contribution in [3.63, 3.8) is 0 Å². The first kappa shape index (κ1) is 22.9. The highest BCUT2D eigenvalue weighted by atomic mass is 16.7. The normalized spacial score (nSPS) is 23.8. The number of rotatable bonds is 5. The minimum atomic E-state index is -0.923. The molecule has 2 aromatic carbocycles. The Balaban J connectivity index is 1.04. The maximum Gasteiger partial charge on any atom is 0.325 e. The highest BCUT2D eigenvalue weighted by Gasteiger charge is 2.55. The molecule has 0 bridgehead atoms. The van der Waals surface area contributed by atoms with Gasteiger partial charge in [-0.05, 0) is 73.8 Å². The number of hydrogen-bond donors (Lipinski definition) is 1. The van der Waals surface area contributed by atoms with Crippen LogP contribution in [0.25, 0.3) is 0 Å². The van der Waals surface area contributed by atoms with Crippen molar-refractivity contribution in [2.24, 2.45) is 5.92 Å². The molecule has 2 aromatic rings. The van der Waals surface area contributed by atoms with E-state index in [1.54, 1.807) is 0 Å². The molecular weight excluding hydrogens is 458 g/mol. The molecule has 0 saturated carbocycles. The quantitative estimate of drug-likeness (QED) is 0.653. The van der Waals surface area contributed by atoms with Crippen LogP contribution in [0, 0.1) is 5.92 Å². The highest BCUT2D eigenvalue weighted by molar-refractivity contribution is 6.07. The summed E-state index contributed by atoms with van der Waals surface area (Å²) in [5, 5.41) is 3.03. The van der Waals surface area contributed by atoms with Crippen LogP contribution in [0.2, 0.25) is 0 Å². The molecule has 4 aliphatic rings. The van der Waals surface area contributed by atoms with E-state index in [1.165, 1.54) is 16.0 Å². The Morgan fingerprint density at radius 2 is 1.72 bits per heavy atom. The van der Waals surface area contributed by atoms with E-state index in [-0.39, 0.29) is 36.6 Å². The third kappa shape index (κ3) is 3.88. The molecular formula is C28H31N3O5. The molecule has 1 atom stereocenters. The van der Waals surface area contributed by atoms with E-state index in [1.807, 2.05) is 42.2 Å². The smallest absolute Gasteiger partial charge is 0.325 e. The second-order valence-electron chi connectivity index (χ2n) is 10.5. The number of hydrogen-bond acceptors (Lipinski definition) is 5. The summed E-state index contributed by atoms with van der Waals surface area (Å²) in [4.78, 5) is 42.8. The fourth-order valence-electron chi connectivity index (χ4n) is 6.22. The topological polar surface area (TPSA) is 88.2 Å². The minimum Gasteiger partial charge on any atom is -0.454 e. The second-order valence-corrected chi connectivity index (χ2v) is 10.5. The largest absolute Gasteiger partial charge is 0.454 e. The van der Waals surface area contributed by atoms with E-state index in [9.17, 15) is 14.4 Å². The number of nitrogens with zero attached hydrogens (tertiary/aromatic N) is 2. The minimum absolute atomic E-state index is 0.000591. The first-order valence-corrected chi connectivity index (χ1v) is 12.8. The molecule has 8 nitrogen and oxygen atoms in total. The Labute approximate surface area is 210 Å². The number of aryl methyl sites for hydroxylation is 1. The van der Waals surface area contributed by atoms with E-state index in [2.05, 4.69) is 17.4 Å². The maximum atomic E-state index is 13.6. The molecule has 0 spiro atoms. The molecule has 6 rings (SSSR count). The molecule has 36 heavy (non-hydrogen) atoms. The molecule has 2 fully saturated rings. The van der Waals surface area contributed by atoms with Crippen LogP contribution in [0.15, 0.2) is 42.5 Å². The molecule has 0 unspecified atom stereocenters. The lowest BCUT2D eigenvalue weighted by Gasteiger charge is -2.39. The lowest BCUT2D eigenvalue weighted by molar-refractivity contribution is -0.136. The fourth-order valence-corrected chi connectivity index (χ4v) is 6.22. The number of imide groups is 1. The van der Waals surface area contributed by atoms with Gasteiger partial charge in [0.25, 0.3) is 5.91 Å². The van der Waals surface area contributed by atoms with Gasteiger partial charge >= 0.3 is 6.03 Å². The van der Waals surface area contributed by atoms with Crippen LogP contribution in [0.1, 0.15) is 42.9 Å². The fraction of sp³-hybridized carbons (Fsp3) is 0.464. The van der Waals surface area contributed by atoms with Crippen LogP contribution in [0.4, 0.5) is 4.79 Å². The van der Waals surface area contributed by atoms with Gasteiger partial charge in [0, 0.05) is 25.6 Å². The third-order valence-electron chi connectivity index (χ3n) is 8.37. The van der Waals surface area contributed by atoms with Gasteiger partial charge in [0.2, 0.25) is 12.7 Å². The monoisotopic (exact) mass is 489 g/mol. The van der Waals surface area contributed by atoms with Crippen molar-refractivity contribution in [3.05, 3.63) is 59.2 Å². The number of piperidine rings is 1. The van der Waals surface area contributed by atoms with Crippen LogP contribution in [-0.4, -0.2) is 59.1 Å². The summed E-state index contributed by atoms with van der Waals surface area (Å²) in [6, 6.07) is 13.5. The van der Waals surface area contributed by atoms with Gasteiger partial charge < -0.3 is 19.7 Å². The molecule has 188 valence electrons. The Morgan fingerprint density at radius 3 is 2.44 bits per heavy atom. The molecule has 3 heterocycles. The molecule has 4 amide bonds. The zero-order valence-corrected chi connectivity index (χ0v) is 20.5. The predicted molar refractivity (Wildman–Crippen MR) is 132 cm³/mol. The Bertz CT molecular complexity index is 1200. The Kier molecular flexibility index (Phi) is 5.62. The first-order valence-electron chi connectivity index (χ1n) is 12.8.